The first kappa shape index (κ1) is 10.5. The van der Waals surface area contributed by atoms with Gasteiger partial charge in [0.05, 0.1) is 5.84 Å². The van der Waals surface area contributed by atoms with Gasteiger partial charge in [0.2, 0.25) is 0 Å². The van der Waals surface area contributed by atoms with E-state index in [1.807, 2.05) is 0 Å². The lowest BCUT2D eigenvalue weighted by Gasteiger charge is -2.30. The molecule has 1 aliphatic rings. The fourth-order valence-corrected chi connectivity index (χ4v) is 1.58. The van der Waals surface area contributed by atoms with Gasteiger partial charge in [0.15, 0.2) is 0 Å². The summed E-state index contributed by atoms with van der Waals surface area (Å²) in [6.07, 6.45) is 3.45. The van der Waals surface area contributed by atoms with Gasteiger partial charge in [-0.05, 0) is 26.4 Å². The van der Waals surface area contributed by atoms with Crippen LogP contribution in [-0.2, 0) is 0 Å². The van der Waals surface area contributed by atoms with E-state index in [2.05, 4.69) is 23.8 Å². The Labute approximate surface area is 81.2 Å². The number of hydrogen-bond donors (Lipinski definition) is 1. The summed E-state index contributed by atoms with van der Waals surface area (Å²) < 4.78 is 0. The zero-order valence-electron chi connectivity index (χ0n) is 8.84. The predicted octanol–water partition coefficient (Wildman–Crippen LogP) is 1.40. The summed E-state index contributed by atoms with van der Waals surface area (Å²) in [5.41, 5.74) is 0. The molecule has 76 valence electrons. The van der Waals surface area contributed by atoms with E-state index in [9.17, 15) is 0 Å². The van der Waals surface area contributed by atoms with Crippen molar-refractivity contribution in [2.75, 3.05) is 33.2 Å². The maximum Gasteiger partial charge on any atom is 0.0958 e. The summed E-state index contributed by atoms with van der Waals surface area (Å²) in [6, 6.07) is 0. The van der Waals surface area contributed by atoms with E-state index >= 15 is 0 Å². The van der Waals surface area contributed by atoms with Crippen LogP contribution >= 0.6 is 0 Å². The Hall–Kier alpha value is -0.570. The number of likely N-dealkylation sites (N-methyl/N-ethyl adjacent to an activating group) is 1. The van der Waals surface area contributed by atoms with Crippen molar-refractivity contribution in [3.8, 4) is 0 Å². The summed E-state index contributed by atoms with van der Waals surface area (Å²) in [5, 5.41) is 7.75. The average Bonchev–Trinajstić information content (AvgIpc) is 2.16. The summed E-state index contributed by atoms with van der Waals surface area (Å²) in [6.45, 7) is 6.47. The van der Waals surface area contributed by atoms with Gasteiger partial charge in [0.25, 0.3) is 0 Å². The maximum absolute atomic E-state index is 7.75. The Morgan fingerprint density at radius 1 is 1.46 bits per heavy atom. The normalized spacial score (nSPS) is 18.4. The third-order valence-electron chi connectivity index (χ3n) is 2.76. The quantitative estimate of drug-likeness (QED) is 0.714. The highest BCUT2D eigenvalue weighted by Gasteiger charge is 2.14. The van der Waals surface area contributed by atoms with Gasteiger partial charge >= 0.3 is 0 Å². The van der Waals surface area contributed by atoms with Crippen molar-refractivity contribution in [2.45, 2.75) is 26.2 Å². The predicted molar refractivity (Wildman–Crippen MR) is 56.3 cm³/mol. The number of amidine groups is 1. The topological polar surface area (TPSA) is 30.3 Å². The van der Waals surface area contributed by atoms with Crippen molar-refractivity contribution < 1.29 is 0 Å². The number of hydrogen-bond acceptors (Lipinski definition) is 2. The molecule has 0 bridgehead atoms. The molecule has 1 fully saturated rings. The van der Waals surface area contributed by atoms with Crippen LogP contribution in [0.15, 0.2) is 0 Å². The SMILES string of the molecule is CCN(C)CCN1CCCCC1=N. The van der Waals surface area contributed by atoms with E-state index < -0.39 is 0 Å². The molecule has 13 heavy (non-hydrogen) atoms. The third-order valence-corrected chi connectivity index (χ3v) is 2.76. The minimum absolute atomic E-state index is 0.843. The largest absolute Gasteiger partial charge is 0.359 e. The number of nitrogens with zero attached hydrogens (tertiary/aromatic N) is 2. The lowest BCUT2D eigenvalue weighted by Crippen LogP contribution is -2.39. The summed E-state index contributed by atoms with van der Waals surface area (Å²) in [5.74, 6) is 0.843. The van der Waals surface area contributed by atoms with Crippen molar-refractivity contribution in [3.63, 3.8) is 0 Å². The van der Waals surface area contributed by atoms with E-state index in [1.165, 1.54) is 12.8 Å². The van der Waals surface area contributed by atoms with Gasteiger partial charge < -0.3 is 9.80 Å². The molecular formula is C10H21N3. The van der Waals surface area contributed by atoms with Gasteiger partial charge in [-0.1, -0.05) is 6.92 Å². The zero-order valence-corrected chi connectivity index (χ0v) is 8.84. The third kappa shape index (κ3) is 3.35. The second kappa shape index (κ2) is 5.22. The fourth-order valence-electron chi connectivity index (χ4n) is 1.58. The Bertz CT molecular complexity index is 168. The van der Waals surface area contributed by atoms with Crippen molar-refractivity contribution in [1.82, 2.24) is 9.80 Å². The lowest BCUT2D eigenvalue weighted by atomic mass is 10.1. The molecule has 0 saturated carbocycles. The van der Waals surface area contributed by atoms with Crippen LogP contribution in [0.5, 0.6) is 0 Å². The number of likely N-dealkylation sites (tertiary alicyclic amines) is 1. The van der Waals surface area contributed by atoms with Gasteiger partial charge in [0, 0.05) is 26.1 Å². The second-order valence-corrected chi connectivity index (χ2v) is 3.79. The molecule has 0 amide bonds. The molecule has 0 unspecified atom stereocenters. The first-order valence-electron chi connectivity index (χ1n) is 5.25. The molecule has 0 radical (unpaired) electrons. The molecule has 0 aromatic carbocycles. The number of rotatable bonds is 4. The van der Waals surface area contributed by atoms with Crippen molar-refractivity contribution in [3.05, 3.63) is 0 Å². The van der Waals surface area contributed by atoms with Crippen LogP contribution in [0.25, 0.3) is 0 Å². The van der Waals surface area contributed by atoms with Crippen LogP contribution < -0.4 is 0 Å². The molecule has 3 heteroatoms. The smallest absolute Gasteiger partial charge is 0.0958 e. The van der Waals surface area contributed by atoms with Gasteiger partial charge in [0.1, 0.15) is 0 Å². The molecule has 0 aromatic rings. The highest BCUT2D eigenvalue weighted by atomic mass is 15.2. The fraction of sp³-hybridized carbons (Fsp3) is 0.900. The van der Waals surface area contributed by atoms with Crippen LogP contribution in [0, 0.1) is 5.41 Å². The lowest BCUT2D eigenvalue weighted by molar-refractivity contribution is 0.284. The summed E-state index contributed by atoms with van der Waals surface area (Å²) >= 11 is 0. The summed E-state index contributed by atoms with van der Waals surface area (Å²) in [7, 11) is 2.13. The first-order valence-corrected chi connectivity index (χ1v) is 5.25. The monoisotopic (exact) mass is 183 g/mol. The molecule has 1 aliphatic heterocycles. The Morgan fingerprint density at radius 2 is 2.23 bits per heavy atom. The first-order chi connectivity index (χ1) is 6.24. The van der Waals surface area contributed by atoms with Gasteiger partial charge in [-0.3, -0.25) is 5.41 Å². The Kier molecular flexibility index (Phi) is 4.22. The van der Waals surface area contributed by atoms with Gasteiger partial charge in [-0.2, -0.15) is 0 Å². The Morgan fingerprint density at radius 3 is 2.85 bits per heavy atom. The minimum Gasteiger partial charge on any atom is -0.359 e. The maximum atomic E-state index is 7.75. The molecular weight excluding hydrogens is 162 g/mol. The molecule has 3 nitrogen and oxygen atoms in total. The molecule has 1 N–H and O–H groups in total. The standard InChI is InChI=1S/C10H21N3/c1-3-12(2)8-9-13-7-5-4-6-10(13)11/h11H,3-9H2,1-2H3. The molecule has 0 atom stereocenters. The molecule has 0 aliphatic carbocycles. The van der Waals surface area contributed by atoms with Crippen LogP contribution in [0.1, 0.15) is 26.2 Å². The van der Waals surface area contributed by atoms with Gasteiger partial charge in [-0.25, -0.2) is 0 Å². The van der Waals surface area contributed by atoms with Crippen molar-refractivity contribution >= 4 is 5.84 Å². The van der Waals surface area contributed by atoms with Crippen LogP contribution in [0.4, 0.5) is 0 Å². The van der Waals surface area contributed by atoms with E-state index in [-0.39, 0.29) is 0 Å². The number of piperidine rings is 1. The van der Waals surface area contributed by atoms with E-state index in [1.54, 1.807) is 0 Å². The molecule has 0 aromatic heterocycles. The molecule has 0 spiro atoms. The summed E-state index contributed by atoms with van der Waals surface area (Å²) in [4.78, 5) is 4.51. The highest BCUT2D eigenvalue weighted by molar-refractivity contribution is 5.79. The Balaban J connectivity index is 2.22. The average molecular weight is 183 g/mol. The van der Waals surface area contributed by atoms with E-state index in [4.69, 9.17) is 5.41 Å². The minimum atomic E-state index is 0.843. The van der Waals surface area contributed by atoms with Crippen LogP contribution in [0.2, 0.25) is 0 Å². The molecule has 1 saturated heterocycles. The zero-order chi connectivity index (χ0) is 9.68. The molecule has 1 rings (SSSR count). The van der Waals surface area contributed by atoms with E-state index in [0.717, 1.165) is 38.4 Å². The second-order valence-electron chi connectivity index (χ2n) is 3.79. The van der Waals surface area contributed by atoms with Crippen LogP contribution in [-0.4, -0.2) is 48.9 Å². The highest BCUT2D eigenvalue weighted by Crippen LogP contribution is 2.09. The van der Waals surface area contributed by atoms with Gasteiger partial charge in [-0.15, -0.1) is 0 Å². The van der Waals surface area contributed by atoms with E-state index in [0.29, 0.717) is 0 Å². The molecule has 1 heterocycles. The number of nitrogens with one attached hydrogen (secondary N) is 1. The van der Waals surface area contributed by atoms with Crippen molar-refractivity contribution in [1.29, 1.82) is 5.41 Å². The van der Waals surface area contributed by atoms with Crippen LogP contribution in [0.3, 0.4) is 0 Å². The van der Waals surface area contributed by atoms with Crippen molar-refractivity contribution in [2.24, 2.45) is 0 Å².